The number of nitrogens with one attached hydrogen (secondary N) is 1. The quantitative estimate of drug-likeness (QED) is 0.783. The molecule has 0 fully saturated rings. The van der Waals surface area contributed by atoms with Gasteiger partial charge in [0.05, 0.1) is 11.7 Å². The van der Waals surface area contributed by atoms with Crippen LogP contribution in [0.3, 0.4) is 0 Å². The van der Waals surface area contributed by atoms with E-state index in [4.69, 9.17) is 11.6 Å². The van der Waals surface area contributed by atoms with Crippen molar-refractivity contribution in [2.75, 3.05) is 5.32 Å². The van der Waals surface area contributed by atoms with Crippen molar-refractivity contribution in [1.29, 1.82) is 0 Å². The van der Waals surface area contributed by atoms with E-state index in [1.54, 1.807) is 12.3 Å². The van der Waals surface area contributed by atoms with E-state index in [0.29, 0.717) is 16.4 Å². The average molecular weight is 344 g/mol. The molecule has 2 nitrogen and oxygen atoms in total. The lowest BCUT2D eigenvalue weighted by atomic mass is 10.1. The minimum absolute atomic E-state index is 0.200. The van der Waals surface area contributed by atoms with Gasteiger partial charge in [-0.15, -0.1) is 0 Å². The number of anilines is 1. The number of hydrogen-bond acceptors (Lipinski definition) is 2. The minimum atomic E-state index is -0.258. The monoisotopic (exact) mass is 342 g/mol. The highest BCUT2D eigenvalue weighted by molar-refractivity contribution is 9.10. The summed E-state index contributed by atoms with van der Waals surface area (Å²) in [6.45, 7) is 3.81. The maximum atomic E-state index is 13.9. The molecule has 19 heavy (non-hydrogen) atoms. The summed E-state index contributed by atoms with van der Waals surface area (Å²) in [6, 6.07) is 6.70. The topological polar surface area (TPSA) is 24.9 Å². The van der Waals surface area contributed by atoms with Crippen molar-refractivity contribution in [2.45, 2.75) is 19.9 Å². The van der Waals surface area contributed by atoms with Gasteiger partial charge in [-0.05, 0) is 37.6 Å². The van der Waals surface area contributed by atoms with Crippen LogP contribution < -0.4 is 5.32 Å². The fourth-order valence-corrected chi connectivity index (χ4v) is 2.31. The highest BCUT2D eigenvalue weighted by Gasteiger charge is 2.13. The maximum Gasteiger partial charge on any atom is 0.152 e. The zero-order valence-electron chi connectivity index (χ0n) is 10.5. The Morgan fingerprint density at radius 1 is 1.37 bits per heavy atom. The van der Waals surface area contributed by atoms with Gasteiger partial charge >= 0.3 is 0 Å². The molecule has 100 valence electrons. The zero-order chi connectivity index (χ0) is 14.0. The normalized spacial score (nSPS) is 12.3. The molecule has 0 amide bonds. The molecule has 1 atom stereocenters. The Bertz CT molecular complexity index is 604. The first-order chi connectivity index (χ1) is 8.97. The Hall–Kier alpha value is -1.13. The average Bonchev–Trinajstić information content (AvgIpc) is 2.33. The van der Waals surface area contributed by atoms with Gasteiger partial charge in [0.2, 0.25) is 0 Å². The van der Waals surface area contributed by atoms with E-state index in [9.17, 15) is 4.39 Å². The van der Waals surface area contributed by atoms with E-state index in [2.05, 4.69) is 26.2 Å². The van der Waals surface area contributed by atoms with Crippen LogP contribution in [0.2, 0.25) is 5.15 Å². The fraction of sp³-hybridized carbons (Fsp3) is 0.214. The summed E-state index contributed by atoms with van der Waals surface area (Å²) in [5.41, 5.74) is 2.28. The van der Waals surface area contributed by atoms with Gasteiger partial charge in [0.15, 0.2) is 5.15 Å². The van der Waals surface area contributed by atoms with Crippen LogP contribution in [0.1, 0.15) is 24.1 Å². The van der Waals surface area contributed by atoms with Gasteiger partial charge in [-0.1, -0.05) is 33.6 Å². The molecule has 0 radical (unpaired) electrons. The third-order valence-electron chi connectivity index (χ3n) is 2.78. The van der Waals surface area contributed by atoms with E-state index in [1.807, 2.05) is 26.0 Å². The van der Waals surface area contributed by atoms with Gasteiger partial charge < -0.3 is 5.32 Å². The number of aromatic nitrogens is 1. The van der Waals surface area contributed by atoms with Crippen molar-refractivity contribution < 1.29 is 4.39 Å². The molecule has 2 aromatic rings. The number of nitrogens with zero attached hydrogens (tertiary/aromatic N) is 1. The molecule has 5 heteroatoms. The van der Waals surface area contributed by atoms with Crippen molar-refractivity contribution in [2.24, 2.45) is 0 Å². The second-order valence-electron chi connectivity index (χ2n) is 4.38. The van der Waals surface area contributed by atoms with Gasteiger partial charge in [-0.25, -0.2) is 9.37 Å². The van der Waals surface area contributed by atoms with E-state index in [1.165, 1.54) is 6.07 Å². The van der Waals surface area contributed by atoms with Crippen molar-refractivity contribution in [3.8, 4) is 0 Å². The molecule has 1 unspecified atom stereocenters. The fourth-order valence-electron chi connectivity index (χ4n) is 1.82. The van der Waals surface area contributed by atoms with Crippen LogP contribution in [-0.2, 0) is 0 Å². The molecule has 0 spiro atoms. The number of pyridine rings is 1. The van der Waals surface area contributed by atoms with Crippen LogP contribution in [0, 0.1) is 12.7 Å². The van der Waals surface area contributed by atoms with E-state index < -0.39 is 0 Å². The van der Waals surface area contributed by atoms with Gasteiger partial charge in [-0.3, -0.25) is 0 Å². The summed E-state index contributed by atoms with van der Waals surface area (Å²) in [4.78, 5) is 4.06. The zero-order valence-corrected chi connectivity index (χ0v) is 12.9. The third-order valence-corrected chi connectivity index (χ3v) is 3.57. The largest absolute Gasteiger partial charge is 0.376 e. The molecule has 0 aliphatic heterocycles. The number of halogens is 3. The first kappa shape index (κ1) is 14.3. The molecule has 1 aromatic heterocycles. The molecule has 0 aliphatic rings. The predicted octanol–water partition coefficient (Wildman–Crippen LogP) is 5.12. The summed E-state index contributed by atoms with van der Waals surface area (Å²) in [7, 11) is 0. The van der Waals surface area contributed by atoms with Crippen LogP contribution in [0.4, 0.5) is 10.1 Å². The van der Waals surface area contributed by atoms with E-state index in [0.717, 1.165) is 10.0 Å². The lowest BCUT2D eigenvalue weighted by molar-refractivity contribution is 0.599. The van der Waals surface area contributed by atoms with Crippen LogP contribution in [-0.4, -0.2) is 4.98 Å². The second-order valence-corrected chi connectivity index (χ2v) is 5.66. The highest BCUT2D eigenvalue weighted by atomic mass is 79.9. The van der Waals surface area contributed by atoms with Crippen LogP contribution in [0.25, 0.3) is 0 Å². The third kappa shape index (κ3) is 3.45. The number of rotatable bonds is 3. The summed E-state index contributed by atoms with van der Waals surface area (Å²) >= 11 is 9.26. The standard InChI is InChI=1S/C14H13BrClFN2/c1-8-5-13(14(16)18-7-8)19-9(2)11-4-3-10(15)6-12(11)17/h3-7,9,19H,1-2H3. The molecule has 0 bridgehead atoms. The Kier molecular flexibility index (Phi) is 4.42. The smallest absolute Gasteiger partial charge is 0.152 e. The van der Waals surface area contributed by atoms with Crippen LogP contribution >= 0.6 is 27.5 Å². The first-order valence-corrected chi connectivity index (χ1v) is 6.98. The molecule has 0 saturated carbocycles. The highest BCUT2D eigenvalue weighted by Crippen LogP contribution is 2.27. The van der Waals surface area contributed by atoms with Crippen molar-refractivity contribution in [3.63, 3.8) is 0 Å². The molecular weight excluding hydrogens is 331 g/mol. The summed E-state index contributed by atoms with van der Waals surface area (Å²) in [5.74, 6) is -0.258. The Labute approximate surface area is 125 Å². The molecule has 0 saturated heterocycles. The molecule has 1 aromatic carbocycles. The SMILES string of the molecule is Cc1cnc(Cl)c(NC(C)c2ccc(Br)cc2F)c1. The minimum Gasteiger partial charge on any atom is -0.376 e. The molecule has 1 heterocycles. The van der Waals surface area contributed by atoms with Crippen LogP contribution in [0.15, 0.2) is 34.9 Å². The summed E-state index contributed by atoms with van der Waals surface area (Å²) in [6.07, 6.45) is 1.69. The Morgan fingerprint density at radius 3 is 2.79 bits per heavy atom. The van der Waals surface area contributed by atoms with Crippen LogP contribution in [0.5, 0.6) is 0 Å². The molecule has 1 N–H and O–H groups in total. The molecular formula is C14H13BrClFN2. The predicted molar refractivity (Wildman–Crippen MR) is 80.1 cm³/mol. The molecule has 2 rings (SSSR count). The maximum absolute atomic E-state index is 13.9. The summed E-state index contributed by atoms with van der Waals surface area (Å²) in [5, 5.41) is 3.56. The van der Waals surface area contributed by atoms with Crippen molar-refractivity contribution in [1.82, 2.24) is 4.98 Å². The van der Waals surface area contributed by atoms with Crippen molar-refractivity contribution >= 4 is 33.2 Å². The van der Waals surface area contributed by atoms with Gasteiger partial charge in [0.25, 0.3) is 0 Å². The lowest BCUT2D eigenvalue weighted by Crippen LogP contribution is -2.09. The van der Waals surface area contributed by atoms with E-state index >= 15 is 0 Å². The van der Waals surface area contributed by atoms with E-state index in [-0.39, 0.29) is 11.9 Å². The number of hydrogen-bond donors (Lipinski definition) is 1. The summed E-state index contributed by atoms with van der Waals surface area (Å²) < 4.78 is 14.6. The molecule has 0 aliphatic carbocycles. The number of aryl methyl sites for hydroxylation is 1. The lowest BCUT2D eigenvalue weighted by Gasteiger charge is -2.17. The van der Waals surface area contributed by atoms with Gasteiger partial charge in [-0.2, -0.15) is 0 Å². The first-order valence-electron chi connectivity index (χ1n) is 5.81. The van der Waals surface area contributed by atoms with Gasteiger partial charge in [0.1, 0.15) is 5.82 Å². The Balaban J connectivity index is 2.25. The number of benzene rings is 1. The Morgan fingerprint density at radius 2 is 2.11 bits per heavy atom. The van der Waals surface area contributed by atoms with Crippen molar-refractivity contribution in [3.05, 3.63) is 57.0 Å². The second kappa shape index (κ2) is 5.88. The van der Waals surface area contributed by atoms with Gasteiger partial charge in [0, 0.05) is 16.2 Å².